The maximum Gasteiger partial charge on any atom is 0.174 e. The number of likely N-dealkylation sites (N-methyl/N-ethyl adjacent to an activating group) is 2. The van der Waals surface area contributed by atoms with E-state index in [4.69, 9.17) is 0 Å². The van der Waals surface area contributed by atoms with Crippen LogP contribution in [0.5, 0.6) is 0 Å². The maximum absolute atomic E-state index is 3.92. The Morgan fingerprint density at radius 3 is 1.28 bits per heavy atom. The highest BCUT2D eigenvalue weighted by molar-refractivity contribution is 8.02. The molecule has 0 unspecified atom stereocenters. The maximum atomic E-state index is 3.92. The van der Waals surface area contributed by atoms with Gasteiger partial charge >= 0.3 is 0 Å². The van der Waals surface area contributed by atoms with Gasteiger partial charge in [0.2, 0.25) is 0 Å². The second-order valence-corrected chi connectivity index (χ2v) is 12.4. The quantitative estimate of drug-likeness (QED) is 0.328. The Morgan fingerprint density at radius 1 is 0.724 bits per heavy atom. The lowest BCUT2D eigenvalue weighted by Crippen LogP contribution is -2.39. The van der Waals surface area contributed by atoms with Gasteiger partial charge in [0.05, 0.1) is 0 Å². The van der Waals surface area contributed by atoms with Gasteiger partial charge in [-0.05, 0) is 51.6 Å². The molecule has 0 amide bonds. The lowest BCUT2D eigenvalue weighted by Gasteiger charge is -2.31. The Kier molecular flexibility index (Phi) is 21.2. The molecule has 0 atom stereocenters. The van der Waals surface area contributed by atoms with Gasteiger partial charge in [0.1, 0.15) is 0 Å². The SMILES string of the molecule is CSN(C)CCN(C)SC.CSN1CCN(SC)CC1.CSc1nnc(SC)s1. The van der Waals surface area contributed by atoms with Gasteiger partial charge in [-0.1, -0.05) is 82.7 Å². The molecule has 0 aromatic carbocycles. The van der Waals surface area contributed by atoms with E-state index in [1.165, 1.54) is 26.2 Å². The fourth-order valence-electron chi connectivity index (χ4n) is 1.86. The lowest BCUT2D eigenvalue weighted by molar-refractivity contribution is 0.310. The summed E-state index contributed by atoms with van der Waals surface area (Å²) in [5.74, 6) is 0. The van der Waals surface area contributed by atoms with E-state index in [2.05, 4.69) is 66.5 Å². The van der Waals surface area contributed by atoms with Crippen LogP contribution in [-0.4, -0.2) is 118 Å². The number of rotatable bonds is 9. The van der Waals surface area contributed by atoms with Crippen molar-refractivity contribution in [2.45, 2.75) is 8.68 Å². The molecule has 6 nitrogen and oxygen atoms in total. The van der Waals surface area contributed by atoms with Gasteiger partial charge in [0.15, 0.2) is 8.68 Å². The summed E-state index contributed by atoms with van der Waals surface area (Å²) < 4.78 is 11.4. The summed E-state index contributed by atoms with van der Waals surface area (Å²) >= 11 is 12.2. The van der Waals surface area contributed by atoms with Crippen LogP contribution in [0.15, 0.2) is 8.68 Å². The van der Waals surface area contributed by atoms with Gasteiger partial charge in [-0.25, -0.2) is 8.61 Å². The van der Waals surface area contributed by atoms with Gasteiger partial charge in [0, 0.05) is 39.3 Å². The van der Waals surface area contributed by atoms with E-state index in [0.29, 0.717) is 0 Å². The molecule has 1 saturated heterocycles. The first-order valence-corrected chi connectivity index (χ1v) is 16.9. The highest BCUT2D eigenvalue weighted by Crippen LogP contribution is 2.25. The van der Waals surface area contributed by atoms with Crippen molar-refractivity contribution in [3.05, 3.63) is 0 Å². The summed E-state index contributed by atoms with van der Waals surface area (Å²) in [5, 5.41) is 7.83. The Hall–Kier alpha value is 1.50. The third-order valence-electron chi connectivity index (χ3n) is 3.80. The third kappa shape index (κ3) is 15.9. The first kappa shape index (κ1) is 30.5. The van der Waals surface area contributed by atoms with Crippen molar-refractivity contribution in [2.75, 3.05) is 90.9 Å². The van der Waals surface area contributed by atoms with E-state index in [1.54, 1.807) is 58.8 Å². The molecule has 1 aliphatic rings. The minimum atomic E-state index is 1.04. The van der Waals surface area contributed by atoms with Gasteiger partial charge in [-0.3, -0.25) is 8.61 Å². The first-order chi connectivity index (χ1) is 13.9. The topological polar surface area (TPSA) is 38.7 Å². The van der Waals surface area contributed by atoms with Crippen molar-refractivity contribution >= 4 is 82.7 Å². The van der Waals surface area contributed by atoms with E-state index < -0.39 is 0 Å². The van der Waals surface area contributed by atoms with E-state index in [9.17, 15) is 0 Å². The molecule has 0 saturated carbocycles. The Balaban J connectivity index is 0.000000406. The van der Waals surface area contributed by atoms with Crippen molar-refractivity contribution in [1.82, 2.24) is 27.4 Å². The number of nitrogens with zero attached hydrogens (tertiary/aromatic N) is 6. The van der Waals surface area contributed by atoms with Crippen molar-refractivity contribution in [2.24, 2.45) is 0 Å². The number of hydrogen-bond donors (Lipinski definition) is 0. The van der Waals surface area contributed by atoms with Gasteiger partial charge in [-0.2, -0.15) is 0 Å². The van der Waals surface area contributed by atoms with Crippen LogP contribution < -0.4 is 0 Å². The molecule has 0 spiro atoms. The minimum absolute atomic E-state index is 1.04. The van der Waals surface area contributed by atoms with Crippen LogP contribution in [0.2, 0.25) is 0 Å². The average Bonchev–Trinajstić information content (AvgIpc) is 3.26. The normalized spacial score (nSPS) is 15.1. The summed E-state index contributed by atoms with van der Waals surface area (Å²) in [6.45, 7) is 7.09. The molecule has 0 aliphatic carbocycles. The summed E-state index contributed by atoms with van der Waals surface area (Å²) in [6.07, 6.45) is 12.5. The van der Waals surface area contributed by atoms with Gasteiger partial charge in [-0.15, -0.1) is 10.2 Å². The molecule has 172 valence electrons. The monoisotopic (exact) mass is 536 g/mol. The molecule has 1 aromatic rings. The fourth-order valence-corrected chi connectivity index (χ4v) is 5.30. The summed E-state index contributed by atoms with van der Waals surface area (Å²) in [6, 6.07) is 0. The lowest BCUT2D eigenvalue weighted by atomic mass is 10.4. The second kappa shape index (κ2) is 20.1. The van der Waals surface area contributed by atoms with Crippen molar-refractivity contribution in [1.29, 1.82) is 0 Å². The molecule has 0 radical (unpaired) electrons. The van der Waals surface area contributed by atoms with Crippen molar-refractivity contribution in [3.8, 4) is 0 Å². The molecule has 1 aliphatic heterocycles. The van der Waals surface area contributed by atoms with Crippen LogP contribution >= 0.6 is 82.7 Å². The van der Waals surface area contributed by atoms with Gasteiger partial charge < -0.3 is 0 Å². The highest BCUT2D eigenvalue weighted by atomic mass is 32.2. The van der Waals surface area contributed by atoms with Gasteiger partial charge in [0.25, 0.3) is 0 Å². The van der Waals surface area contributed by atoms with E-state index in [0.717, 1.165) is 21.8 Å². The number of piperazine rings is 1. The Bertz CT molecular complexity index is 448. The molecule has 1 fully saturated rings. The van der Waals surface area contributed by atoms with Crippen LogP contribution in [0.3, 0.4) is 0 Å². The molecule has 0 N–H and O–H groups in total. The number of aromatic nitrogens is 2. The van der Waals surface area contributed by atoms with Crippen LogP contribution in [0, 0.1) is 0 Å². The smallest absolute Gasteiger partial charge is 0.174 e. The van der Waals surface area contributed by atoms with E-state index in [1.807, 2.05) is 36.4 Å². The average molecular weight is 537 g/mol. The van der Waals surface area contributed by atoms with Crippen molar-refractivity contribution < 1.29 is 0 Å². The molecule has 0 bridgehead atoms. The standard InChI is InChI=1S/C6H14N2S2.C6H16N2S2.C4H6N2S3/c1-9-7-3-5-8(10-2)6-4-7;1-7(9-3)5-6-8(2)10-4;1-7-3-5-6-4(8-2)9-3/h3-6H2,1-2H3;5-6H2,1-4H3;1-2H3. The van der Waals surface area contributed by atoms with E-state index in [-0.39, 0.29) is 0 Å². The zero-order valence-electron chi connectivity index (χ0n) is 18.8. The zero-order chi connectivity index (χ0) is 22.1. The van der Waals surface area contributed by atoms with Crippen LogP contribution in [0.4, 0.5) is 0 Å². The first-order valence-electron chi connectivity index (χ1n) is 8.94. The molecular formula is C16H36N6S7. The summed E-state index contributed by atoms with van der Waals surface area (Å²) in [5.41, 5.74) is 0. The molecule has 2 heterocycles. The highest BCUT2D eigenvalue weighted by Gasteiger charge is 2.14. The zero-order valence-corrected chi connectivity index (χ0v) is 24.5. The molecular weight excluding hydrogens is 501 g/mol. The fraction of sp³-hybridized carbons (Fsp3) is 0.875. The predicted octanol–water partition coefficient (Wildman–Crippen LogP) is 4.55. The largest absolute Gasteiger partial charge is 0.253 e. The summed E-state index contributed by atoms with van der Waals surface area (Å²) in [4.78, 5) is 0. The van der Waals surface area contributed by atoms with Crippen molar-refractivity contribution in [3.63, 3.8) is 0 Å². The number of hydrogen-bond acceptors (Lipinski definition) is 13. The van der Waals surface area contributed by atoms with Crippen LogP contribution in [0.1, 0.15) is 0 Å². The molecule has 1 aromatic heterocycles. The van der Waals surface area contributed by atoms with Crippen LogP contribution in [0.25, 0.3) is 0 Å². The van der Waals surface area contributed by atoms with Crippen LogP contribution in [-0.2, 0) is 0 Å². The molecule has 2 rings (SSSR count). The Labute approximate surface area is 208 Å². The minimum Gasteiger partial charge on any atom is -0.253 e. The third-order valence-corrected chi connectivity index (χ3v) is 10.1. The molecule has 13 heteroatoms. The second-order valence-electron chi connectivity index (χ2n) is 5.53. The summed E-state index contributed by atoms with van der Waals surface area (Å²) in [7, 11) is 4.22. The van der Waals surface area contributed by atoms with E-state index >= 15 is 0 Å². The Morgan fingerprint density at radius 2 is 1.07 bits per heavy atom. The molecule has 29 heavy (non-hydrogen) atoms. The predicted molar refractivity (Wildman–Crippen MR) is 146 cm³/mol. The number of thioether (sulfide) groups is 2.